The highest BCUT2D eigenvalue weighted by atomic mass is 19.1. The predicted molar refractivity (Wildman–Crippen MR) is 99.0 cm³/mol. The number of amides is 1. The first-order valence-corrected chi connectivity index (χ1v) is 7.99. The molecule has 4 nitrogen and oxygen atoms in total. The molecule has 0 spiro atoms. The van der Waals surface area contributed by atoms with Crippen molar-refractivity contribution >= 4 is 34.4 Å². The monoisotopic (exact) mass is 349 g/mol. The van der Waals surface area contributed by atoms with Gasteiger partial charge in [-0.1, -0.05) is 42.5 Å². The second-order valence-electron chi connectivity index (χ2n) is 5.60. The number of hydrogen-bond donors (Lipinski definition) is 1. The first-order chi connectivity index (χ1) is 12.6. The number of hydrogen-bond acceptors (Lipinski definition) is 3. The third-order valence-electron chi connectivity index (χ3n) is 3.66. The Hall–Kier alpha value is -3.47. The van der Waals surface area contributed by atoms with E-state index in [1.165, 1.54) is 36.4 Å². The van der Waals surface area contributed by atoms with Gasteiger partial charge in [0.2, 0.25) is 0 Å². The topological polar surface area (TPSA) is 55.4 Å². The maximum absolute atomic E-state index is 12.8. The fourth-order valence-electron chi connectivity index (χ4n) is 2.39. The SMILES string of the molecule is O=C(COC(=O)C=Cc1ccc(F)cc1)Nc1ccc2ccccc2c1. The number of benzene rings is 3. The van der Waals surface area contributed by atoms with Crippen LogP contribution < -0.4 is 5.32 Å². The average Bonchev–Trinajstić information content (AvgIpc) is 2.66. The van der Waals surface area contributed by atoms with Crippen molar-refractivity contribution in [1.82, 2.24) is 0 Å². The van der Waals surface area contributed by atoms with Gasteiger partial charge in [-0.25, -0.2) is 9.18 Å². The van der Waals surface area contributed by atoms with Crippen LogP contribution in [0, 0.1) is 5.82 Å². The lowest BCUT2D eigenvalue weighted by molar-refractivity contribution is -0.142. The van der Waals surface area contributed by atoms with E-state index in [-0.39, 0.29) is 12.4 Å². The fraction of sp³-hybridized carbons (Fsp3) is 0.0476. The molecular formula is C21H16FNO3. The molecule has 0 aliphatic rings. The predicted octanol–water partition coefficient (Wildman–Crippen LogP) is 4.17. The lowest BCUT2D eigenvalue weighted by Gasteiger charge is -2.06. The largest absolute Gasteiger partial charge is 0.452 e. The van der Waals surface area contributed by atoms with Gasteiger partial charge in [-0.2, -0.15) is 0 Å². The van der Waals surface area contributed by atoms with E-state index in [2.05, 4.69) is 5.32 Å². The minimum absolute atomic E-state index is 0.352. The zero-order chi connectivity index (χ0) is 18.4. The second kappa shape index (κ2) is 8.07. The summed E-state index contributed by atoms with van der Waals surface area (Å²) in [7, 11) is 0. The molecule has 0 unspecified atom stereocenters. The molecule has 3 aromatic rings. The number of carbonyl (C=O) groups excluding carboxylic acids is 2. The van der Waals surface area contributed by atoms with Gasteiger partial charge in [0.05, 0.1) is 0 Å². The molecule has 1 amide bonds. The minimum atomic E-state index is -0.650. The lowest BCUT2D eigenvalue weighted by atomic mass is 10.1. The van der Waals surface area contributed by atoms with Crippen LogP contribution in [0.2, 0.25) is 0 Å². The first-order valence-electron chi connectivity index (χ1n) is 7.99. The molecule has 5 heteroatoms. The second-order valence-corrected chi connectivity index (χ2v) is 5.60. The maximum atomic E-state index is 12.8. The van der Waals surface area contributed by atoms with Crippen molar-refractivity contribution in [1.29, 1.82) is 0 Å². The summed E-state index contributed by atoms with van der Waals surface area (Å²) in [5, 5.41) is 4.76. The number of nitrogens with one attached hydrogen (secondary N) is 1. The van der Waals surface area contributed by atoms with Crippen LogP contribution in [0.15, 0.2) is 72.8 Å². The van der Waals surface area contributed by atoms with E-state index in [9.17, 15) is 14.0 Å². The highest BCUT2D eigenvalue weighted by Gasteiger charge is 2.06. The zero-order valence-electron chi connectivity index (χ0n) is 13.8. The molecule has 26 heavy (non-hydrogen) atoms. The molecule has 130 valence electrons. The third-order valence-corrected chi connectivity index (χ3v) is 3.66. The highest BCUT2D eigenvalue weighted by molar-refractivity contribution is 5.96. The number of rotatable bonds is 5. The van der Waals surface area contributed by atoms with Crippen LogP contribution in [0.1, 0.15) is 5.56 Å². The van der Waals surface area contributed by atoms with Crippen molar-refractivity contribution in [3.8, 4) is 0 Å². The van der Waals surface area contributed by atoms with Crippen LogP contribution in [0.4, 0.5) is 10.1 Å². The summed E-state index contributed by atoms with van der Waals surface area (Å²) < 4.78 is 17.7. The Labute approximate surface area is 149 Å². The van der Waals surface area contributed by atoms with Crippen molar-refractivity contribution in [3.05, 3.63) is 84.2 Å². The smallest absolute Gasteiger partial charge is 0.331 e. The lowest BCUT2D eigenvalue weighted by Crippen LogP contribution is -2.20. The summed E-state index contributed by atoms with van der Waals surface area (Å²) in [5.74, 6) is -1.43. The van der Waals surface area contributed by atoms with Gasteiger partial charge in [0.1, 0.15) is 5.82 Å². The third kappa shape index (κ3) is 4.77. The summed E-state index contributed by atoms with van der Waals surface area (Å²) in [6.45, 7) is -0.389. The van der Waals surface area contributed by atoms with E-state index < -0.39 is 11.9 Å². The quantitative estimate of drug-likeness (QED) is 0.555. The van der Waals surface area contributed by atoms with Crippen LogP contribution in [0.3, 0.4) is 0 Å². The first kappa shape index (κ1) is 17.4. The van der Waals surface area contributed by atoms with Crippen LogP contribution in [-0.2, 0) is 14.3 Å². The number of esters is 1. The maximum Gasteiger partial charge on any atom is 0.331 e. The van der Waals surface area contributed by atoms with E-state index >= 15 is 0 Å². The Bertz CT molecular complexity index is 964. The van der Waals surface area contributed by atoms with Gasteiger partial charge in [-0.05, 0) is 46.7 Å². The summed E-state index contributed by atoms with van der Waals surface area (Å²) >= 11 is 0. The Kier molecular flexibility index (Phi) is 5.39. The number of ether oxygens (including phenoxy) is 1. The summed E-state index contributed by atoms with van der Waals surface area (Å²) in [6.07, 6.45) is 2.68. The molecule has 0 atom stereocenters. The van der Waals surface area contributed by atoms with Gasteiger partial charge >= 0.3 is 5.97 Å². The molecule has 0 aliphatic carbocycles. The normalized spacial score (nSPS) is 10.8. The number of halogens is 1. The van der Waals surface area contributed by atoms with Crippen molar-refractivity contribution in [2.75, 3.05) is 11.9 Å². The molecule has 0 saturated heterocycles. The van der Waals surface area contributed by atoms with Gasteiger partial charge in [0.25, 0.3) is 5.91 Å². The number of anilines is 1. The van der Waals surface area contributed by atoms with Gasteiger partial charge in [0, 0.05) is 11.8 Å². The number of fused-ring (bicyclic) bond motifs is 1. The van der Waals surface area contributed by atoms with Gasteiger partial charge in [-0.15, -0.1) is 0 Å². The molecule has 3 aromatic carbocycles. The molecule has 0 aromatic heterocycles. The summed E-state index contributed by atoms with van der Waals surface area (Å²) in [4.78, 5) is 23.6. The van der Waals surface area contributed by atoms with E-state index in [4.69, 9.17) is 4.74 Å². The highest BCUT2D eigenvalue weighted by Crippen LogP contribution is 2.18. The Morgan fingerprint density at radius 3 is 2.46 bits per heavy atom. The van der Waals surface area contributed by atoms with Crippen LogP contribution in [-0.4, -0.2) is 18.5 Å². The molecule has 0 fully saturated rings. The van der Waals surface area contributed by atoms with E-state index in [0.717, 1.165) is 10.8 Å². The van der Waals surface area contributed by atoms with E-state index in [1.54, 1.807) is 6.07 Å². The van der Waals surface area contributed by atoms with Gasteiger partial charge < -0.3 is 10.1 Å². The van der Waals surface area contributed by atoms with Gasteiger partial charge in [0.15, 0.2) is 6.61 Å². The molecule has 1 N–H and O–H groups in total. The average molecular weight is 349 g/mol. The Balaban J connectivity index is 1.51. The van der Waals surface area contributed by atoms with Crippen LogP contribution in [0.5, 0.6) is 0 Å². The van der Waals surface area contributed by atoms with Crippen molar-refractivity contribution in [2.24, 2.45) is 0 Å². The zero-order valence-corrected chi connectivity index (χ0v) is 13.8. The summed E-state index contributed by atoms with van der Waals surface area (Å²) in [5.41, 5.74) is 1.29. The van der Waals surface area contributed by atoms with E-state index in [1.807, 2.05) is 36.4 Å². The van der Waals surface area contributed by atoms with E-state index in [0.29, 0.717) is 11.3 Å². The van der Waals surface area contributed by atoms with Gasteiger partial charge in [-0.3, -0.25) is 4.79 Å². The molecular weight excluding hydrogens is 333 g/mol. The molecule has 0 bridgehead atoms. The molecule has 0 radical (unpaired) electrons. The van der Waals surface area contributed by atoms with Crippen molar-refractivity contribution in [2.45, 2.75) is 0 Å². The van der Waals surface area contributed by atoms with Crippen LogP contribution >= 0.6 is 0 Å². The molecule has 0 aliphatic heterocycles. The molecule has 0 saturated carbocycles. The standard InChI is InChI=1S/C21H16FNO3/c22-18-9-5-15(6-10-18)7-12-21(25)26-14-20(24)23-19-11-8-16-3-1-2-4-17(16)13-19/h1-13H,14H2,(H,23,24). The number of carbonyl (C=O) groups is 2. The van der Waals surface area contributed by atoms with Crippen molar-refractivity contribution in [3.63, 3.8) is 0 Å². The fourth-order valence-corrected chi connectivity index (χ4v) is 2.39. The van der Waals surface area contributed by atoms with Crippen molar-refractivity contribution < 1.29 is 18.7 Å². The molecule has 3 rings (SSSR count). The minimum Gasteiger partial charge on any atom is -0.452 e. The molecule has 0 heterocycles. The Morgan fingerprint density at radius 2 is 1.69 bits per heavy atom. The Morgan fingerprint density at radius 1 is 0.962 bits per heavy atom. The van der Waals surface area contributed by atoms with Crippen LogP contribution in [0.25, 0.3) is 16.8 Å². The summed E-state index contributed by atoms with van der Waals surface area (Å²) in [6, 6.07) is 19.0.